The van der Waals surface area contributed by atoms with E-state index in [1.54, 1.807) is 21.3 Å². The lowest BCUT2D eigenvalue weighted by atomic mass is 10.1. The van der Waals surface area contributed by atoms with Crippen LogP contribution >= 0.6 is 24.0 Å². The van der Waals surface area contributed by atoms with Gasteiger partial charge in [-0.3, -0.25) is 4.99 Å². The van der Waals surface area contributed by atoms with Gasteiger partial charge in [0.1, 0.15) is 11.5 Å². The smallest absolute Gasteiger partial charge is 0.416 e. The van der Waals surface area contributed by atoms with Gasteiger partial charge in [-0.15, -0.1) is 24.0 Å². The van der Waals surface area contributed by atoms with Crippen molar-refractivity contribution < 1.29 is 22.6 Å². The van der Waals surface area contributed by atoms with E-state index < -0.39 is 11.7 Å². The first-order valence-electron chi connectivity index (χ1n) is 9.93. The van der Waals surface area contributed by atoms with Crippen molar-refractivity contribution in [3.63, 3.8) is 0 Å². The summed E-state index contributed by atoms with van der Waals surface area (Å²) >= 11 is 0. The SMILES string of the molecule is CN=C(NCc1ccc(C(F)(F)F)cc1)NC1CCN(c2cc(OC)cc(OC)c2)C1.I. The summed E-state index contributed by atoms with van der Waals surface area (Å²) in [5, 5.41) is 6.54. The Morgan fingerprint density at radius 1 is 1.09 bits per heavy atom. The number of alkyl halides is 3. The molecule has 1 aliphatic heterocycles. The molecule has 3 rings (SSSR count). The van der Waals surface area contributed by atoms with Crippen LogP contribution in [0.3, 0.4) is 0 Å². The monoisotopic (exact) mass is 564 g/mol. The van der Waals surface area contributed by atoms with Crippen molar-refractivity contribution in [3.05, 3.63) is 53.6 Å². The maximum atomic E-state index is 12.7. The molecule has 176 valence electrons. The minimum atomic E-state index is -4.33. The van der Waals surface area contributed by atoms with Crippen molar-refractivity contribution >= 4 is 35.6 Å². The van der Waals surface area contributed by atoms with Crippen LogP contribution < -0.4 is 25.0 Å². The van der Waals surface area contributed by atoms with E-state index in [0.29, 0.717) is 12.5 Å². The fourth-order valence-electron chi connectivity index (χ4n) is 3.47. The first-order valence-corrected chi connectivity index (χ1v) is 9.93. The van der Waals surface area contributed by atoms with Gasteiger partial charge in [0.25, 0.3) is 0 Å². The van der Waals surface area contributed by atoms with Gasteiger partial charge in [-0.1, -0.05) is 12.1 Å². The Bertz CT molecular complexity index is 885. The average molecular weight is 564 g/mol. The molecule has 0 radical (unpaired) electrons. The first-order chi connectivity index (χ1) is 14.8. The highest BCUT2D eigenvalue weighted by Crippen LogP contribution is 2.31. The molecule has 0 spiro atoms. The van der Waals surface area contributed by atoms with E-state index in [1.807, 2.05) is 18.2 Å². The minimum Gasteiger partial charge on any atom is -0.497 e. The van der Waals surface area contributed by atoms with Crippen LogP contribution in [0.5, 0.6) is 11.5 Å². The van der Waals surface area contributed by atoms with Crippen LogP contribution in [0.15, 0.2) is 47.5 Å². The molecule has 1 unspecified atom stereocenters. The number of hydrogen-bond donors (Lipinski definition) is 2. The van der Waals surface area contributed by atoms with Crippen molar-refractivity contribution in [1.82, 2.24) is 10.6 Å². The van der Waals surface area contributed by atoms with Crippen LogP contribution in [0.4, 0.5) is 18.9 Å². The van der Waals surface area contributed by atoms with Crippen LogP contribution in [0.1, 0.15) is 17.5 Å². The van der Waals surface area contributed by atoms with Crippen molar-refractivity contribution in [2.45, 2.75) is 25.2 Å². The zero-order chi connectivity index (χ0) is 22.4. The fraction of sp³-hybridized carbons (Fsp3) is 0.409. The fourth-order valence-corrected chi connectivity index (χ4v) is 3.47. The molecule has 10 heteroatoms. The van der Waals surface area contributed by atoms with Crippen LogP contribution in [-0.2, 0) is 12.7 Å². The normalized spacial score (nSPS) is 16.4. The second kappa shape index (κ2) is 11.5. The Morgan fingerprint density at radius 2 is 1.72 bits per heavy atom. The van der Waals surface area contributed by atoms with E-state index >= 15 is 0 Å². The number of methoxy groups -OCH3 is 2. The van der Waals surface area contributed by atoms with Crippen LogP contribution in [-0.4, -0.2) is 46.4 Å². The standard InChI is InChI=1S/C22H27F3N4O2.HI/c1-26-21(27-13-15-4-6-16(7-5-15)22(23,24)25)28-17-8-9-29(14-17)18-10-19(30-2)12-20(11-18)31-3;/h4-7,10-12,17H,8-9,13-14H2,1-3H3,(H2,26,27,28);1H. The van der Waals surface area contributed by atoms with Crippen molar-refractivity contribution in [3.8, 4) is 11.5 Å². The quantitative estimate of drug-likeness (QED) is 0.312. The molecule has 1 atom stereocenters. The van der Waals surface area contributed by atoms with Crippen molar-refractivity contribution in [1.29, 1.82) is 0 Å². The summed E-state index contributed by atoms with van der Waals surface area (Å²) in [6.07, 6.45) is -3.41. The average Bonchev–Trinajstić information content (AvgIpc) is 3.24. The number of nitrogens with one attached hydrogen (secondary N) is 2. The van der Waals surface area contributed by atoms with Gasteiger partial charge in [0.15, 0.2) is 5.96 Å². The maximum absolute atomic E-state index is 12.7. The van der Waals surface area contributed by atoms with E-state index in [1.165, 1.54) is 12.1 Å². The lowest BCUT2D eigenvalue weighted by molar-refractivity contribution is -0.137. The molecule has 0 bridgehead atoms. The molecule has 1 saturated heterocycles. The van der Waals surface area contributed by atoms with Gasteiger partial charge in [-0.25, -0.2) is 0 Å². The van der Waals surface area contributed by atoms with Gasteiger partial charge >= 0.3 is 6.18 Å². The summed E-state index contributed by atoms with van der Waals surface area (Å²) in [6, 6.07) is 11.1. The number of nitrogens with zero attached hydrogens (tertiary/aromatic N) is 2. The van der Waals surface area contributed by atoms with Gasteiger partial charge in [-0.05, 0) is 24.1 Å². The largest absolute Gasteiger partial charge is 0.497 e. The summed E-state index contributed by atoms with van der Waals surface area (Å²) in [6.45, 7) is 2.02. The highest BCUT2D eigenvalue weighted by molar-refractivity contribution is 14.0. The Balaban J connectivity index is 0.00000363. The number of aliphatic imine (C=N–C) groups is 1. The molecule has 0 saturated carbocycles. The molecule has 0 amide bonds. The number of rotatable bonds is 6. The number of hydrogen-bond acceptors (Lipinski definition) is 4. The van der Waals surface area contributed by atoms with Crippen LogP contribution in [0.2, 0.25) is 0 Å². The predicted molar refractivity (Wildman–Crippen MR) is 130 cm³/mol. The Kier molecular flexibility index (Phi) is 9.29. The van der Waals surface area contributed by atoms with E-state index in [2.05, 4.69) is 20.5 Å². The molecule has 32 heavy (non-hydrogen) atoms. The molecule has 0 aromatic heterocycles. The summed E-state index contributed by atoms with van der Waals surface area (Å²) in [7, 11) is 4.92. The highest BCUT2D eigenvalue weighted by atomic mass is 127. The number of guanidine groups is 1. The maximum Gasteiger partial charge on any atom is 0.416 e. The molecule has 0 aliphatic carbocycles. The topological polar surface area (TPSA) is 58.1 Å². The number of benzene rings is 2. The minimum absolute atomic E-state index is 0. The summed E-state index contributed by atoms with van der Waals surface area (Å²) in [5.41, 5.74) is 1.11. The lowest BCUT2D eigenvalue weighted by Gasteiger charge is -2.21. The molecule has 2 aromatic rings. The van der Waals surface area contributed by atoms with E-state index in [4.69, 9.17) is 9.47 Å². The van der Waals surface area contributed by atoms with Crippen LogP contribution in [0, 0.1) is 0 Å². The Labute approximate surface area is 203 Å². The molecule has 1 aliphatic rings. The van der Waals surface area contributed by atoms with Gasteiger partial charge < -0.3 is 25.0 Å². The van der Waals surface area contributed by atoms with Gasteiger partial charge in [0.2, 0.25) is 0 Å². The zero-order valence-electron chi connectivity index (χ0n) is 18.2. The second-order valence-corrected chi connectivity index (χ2v) is 7.27. The third-order valence-electron chi connectivity index (χ3n) is 5.20. The summed E-state index contributed by atoms with van der Waals surface area (Å²) < 4.78 is 48.8. The summed E-state index contributed by atoms with van der Waals surface area (Å²) in [4.78, 5) is 6.47. The van der Waals surface area contributed by atoms with Crippen LogP contribution in [0.25, 0.3) is 0 Å². The Morgan fingerprint density at radius 3 is 2.25 bits per heavy atom. The number of ether oxygens (including phenoxy) is 2. The van der Waals surface area contributed by atoms with E-state index in [-0.39, 0.29) is 30.0 Å². The van der Waals surface area contributed by atoms with E-state index in [0.717, 1.165) is 54.4 Å². The molecule has 1 heterocycles. The summed E-state index contributed by atoms with van der Waals surface area (Å²) in [5.74, 6) is 2.08. The van der Waals surface area contributed by atoms with E-state index in [9.17, 15) is 13.2 Å². The van der Waals surface area contributed by atoms with Crippen molar-refractivity contribution in [2.75, 3.05) is 39.3 Å². The molecular formula is C22H28F3IN4O2. The second-order valence-electron chi connectivity index (χ2n) is 7.27. The first kappa shape index (κ1) is 25.9. The van der Waals surface area contributed by atoms with Gasteiger partial charge in [-0.2, -0.15) is 13.2 Å². The number of anilines is 1. The predicted octanol–water partition coefficient (Wildman–Crippen LogP) is 4.28. The highest BCUT2D eigenvalue weighted by Gasteiger charge is 2.30. The van der Waals surface area contributed by atoms with Gasteiger partial charge in [0, 0.05) is 56.6 Å². The lowest BCUT2D eigenvalue weighted by Crippen LogP contribution is -2.44. The zero-order valence-corrected chi connectivity index (χ0v) is 20.5. The Hall–Kier alpha value is -2.37. The molecule has 6 nitrogen and oxygen atoms in total. The van der Waals surface area contributed by atoms with Gasteiger partial charge in [0.05, 0.1) is 19.8 Å². The molecule has 2 N–H and O–H groups in total. The number of halogens is 4. The third-order valence-corrected chi connectivity index (χ3v) is 5.20. The third kappa shape index (κ3) is 6.81. The molecular weight excluding hydrogens is 536 g/mol. The van der Waals surface area contributed by atoms with Crippen molar-refractivity contribution in [2.24, 2.45) is 4.99 Å². The molecule has 2 aromatic carbocycles. The molecule has 1 fully saturated rings.